The predicted octanol–water partition coefficient (Wildman–Crippen LogP) is 7.87. The van der Waals surface area contributed by atoms with Gasteiger partial charge in [-0.1, -0.05) is 90.7 Å². The molecule has 0 spiro atoms. The molecule has 1 aromatic heterocycles. The zero-order valence-corrected chi connectivity index (χ0v) is 19.9. The summed E-state index contributed by atoms with van der Waals surface area (Å²) < 4.78 is 12.3. The van der Waals surface area contributed by atoms with Crippen molar-refractivity contribution in [1.82, 2.24) is 9.97 Å². The van der Waals surface area contributed by atoms with E-state index in [9.17, 15) is 0 Å². The van der Waals surface area contributed by atoms with E-state index in [1.807, 2.05) is 18.2 Å². The first-order chi connectivity index (χ1) is 15.3. The zero-order chi connectivity index (χ0) is 22.2. The first-order valence-electron chi connectivity index (χ1n) is 12.4. The number of nitrogens with zero attached hydrogens (tertiary/aromatic N) is 2. The SMILES string of the molecule is CCCCCCCCOc1ccccc1-c1ncncc1OCC(C)CCCCCC. The number of aromatic nitrogens is 2. The van der Waals surface area contributed by atoms with Crippen LogP contribution in [0.2, 0.25) is 0 Å². The van der Waals surface area contributed by atoms with E-state index in [1.54, 1.807) is 12.5 Å². The van der Waals surface area contributed by atoms with Crippen LogP contribution in [-0.4, -0.2) is 23.2 Å². The highest BCUT2D eigenvalue weighted by Gasteiger charge is 2.14. The van der Waals surface area contributed by atoms with Crippen molar-refractivity contribution in [3.63, 3.8) is 0 Å². The Morgan fingerprint density at radius 3 is 2.32 bits per heavy atom. The van der Waals surface area contributed by atoms with Crippen molar-refractivity contribution in [3.05, 3.63) is 36.8 Å². The molecule has 1 heterocycles. The molecule has 0 aliphatic heterocycles. The summed E-state index contributed by atoms with van der Waals surface area (Å²) >= 11 is 0. The van der Waals surface area contributed by atoms with Crippen LogP contribution in [0.4, 0.5) is 0 Å². The summed E-state index contributed by atoms with van der Waals surface area (Å²) in [4.78, 5) is 8.74. The van der Waals surface area contributed by atoms with Crippen LogP contribution in [0.15, 0.2) is 36.8 Å². The average Bonchev–Trinajstić information content (AvgIpc) is 2.80. The summed E-state index contributed by atoms with van der Waals surface area (Å²) in [7, 11) is 0. The zero-order valence-electron chi connectivity index (χ0n) is 19.9. The second-order valence-electron chi connectivity index (χ2n) is 8.61. The van der Waals surface area contributed by atoms with Crippen LogP contribution in [0.25, 0.3) is 11.3 Å². The van der Waals surface area contributed by atoms with Gasteiger partial charge in [-0.15, -0.1) is 0 Å². The molecule has 172 valence electrons. The fourth-order valence-corrected chi connectivity index (χ4v) is 3.71. The van der Waals surface area contributed by atoms with Gasteiger partial charge in [0.05, 0.1) is 19.4 Å². The van der Waals surface area contributed by atoms with E-state index in [4.69, 9.17) is 9.47 Å². The molecule has 0 bridgehead atoms. The van der Waals surface area contributed by atoms with Crippen molar-refractivity contribution in [1.29, 1.82) is 0 Å². The molecule has 0 aliphatic carbocycles. The maximum atomic E-state index is 6.17. The predicted molar refractivity (Wildman–Crippen MR) is 130 cm³/mol. The summed E-state index contributed by atoms with van der Waals surface area (Å²) in [5, 5.41) is 0. The van der Waals surface area contributed by atoms with Gasteiger partial charge in [-0.2, -0.15) is 0 Å². The molecule has 31 heavy (non-hydrogen) atoms. The van der Waals surface area contributed by atoms with Gasteiger partial charge in [-0.3, -0.25) is 0 Å². The molecular weight excluding hydrogens is 384 g/mol. The molecule has 0 saturated heterocycles. The van der Waals surface area contributed by atoms with Crippen molar-refractivity contribution in [2.75, 3.05) is 13.2 Å². The molecule has 0 amide bonds. The fourth-order valence-electron chi connectivity index (χ4n) is 3.71. The van der Waals surface area contributed by atoms with E-state index >= 15 is 0 Å². The lowest BCUT2D eigenvalue weighted by atomic mass is 10.0. The van der Waals surface area contributed by atoms with Gasteiger partial charge in [-0.05, 0) is 30.9 Å². The summed E-state index contributed by atoms with van der Waals surface area (Å²) in [6.45, 7) is 8.18. The second kappa shape index (κ2) is 15.7. The largest absolute Gasteiger partial charge is 0.493 e. The summed E-state index contributed by atoms with van der Waals surface area (Å²) in [6, 6.07) is 8.12. The maximum absolute atomic E-state index is 6.17. The van der Waals surface area contributed by atoms with Crippen molar-refractivity contribution in [3.8, 4) is 22.8 Å². The van der Waals surface area contributed by atoms with Crippen LogP contribution in [0.3, 0.4) is 0 Å². The average molecular weight is 427 g/mol. The van der Waals surface area contributed by atoms with E-state index in [0.717, 1.165) is 35.8 Å². The monoisotopic (exact) mass is 426 g/mol. The van der Waals surface area contributed by atoms with Gasteiger partial charge in [0, 0.05) is 5.56 Å². The molecule has 4 nitrogen and oxygen atoms in total. The maximum Gasteiger partial charge on any atom is 0.164 e. The highest BCUT2D eigenvalue weighted by atomic mass is 16.5. The second-order valence-corrected chi connectivity index (χ2v) is 8.61. The lowest BCUT2D eigenvalue weighted by Crippen LogP contribution is -2.10. The topological polar surface area (TPSA) is 44.2 Å². The molecular formula is C27H42N2O2. The van der Waals surface area contributed by atoms with Gasteiger partial charge in [0.25, 0.3) is 0 Å². The van der Waals surface area contributed by atoms with Gasteiger partial charge in [0.2, 0.25) is 0 Å². The minimum atomic E-state index is 0.518. The Hall–Kier alpha value is -2.10. The minimum Gasteiger partial charge on any atom is -0.493 e. The molecule has 1 unspecified atom stereocenters. The number of unbranched alkanes of at least 4 members (excludes halogenated alkanes) is 8. The van der Waals surface area contributed by atoms with E-state index in [0.29, 0.717) is 12.5 Å². The number of hydrogen-bond donors (Lipinski definition) is 0. The number of benzene rings is 1. The lowest BCUT2D eigenvalue weighted by Gasteiger charge is -2.16. The smallest absolute Gasteiger partial charge is 0.164 e. The Balaban J connectivity index is 1.92. The van der Waals surface area contributed by atoms with Crippen molar-refractivity contribution >= 4 is 0 Å². The van der Waals surface area contributed by atoms with E-state index in [1.165, 1.54) is 64.2 Å². The van der Waals surface area contributed by atoms with E-state index in [-0.39, 0.29) is 0 Å². The Morgan fingerprint density at radius 1 is 0.806 bits per heavy atom. The van der Waals surface area contributed by atoms with Crippen molar-refractivity contribution in [2.45, 2.75) is 91.4 Å². The van der Waals surface area contributed by atoms with Gasteiger partial charge in [0.15, 0.2) is 5.75 Å². The first-order valence-corrected chi connectivity index (χ1v) is 12.4. The van der Waals surface area contributed by atoms with Crippen LogP contribution in [0.1, 0.15) is 91.4 Å². The van der Waals surface area contributed by atoms with Crippen LogP contribution >= 0.6 is 0 Å². The number of rotatable bonds is 17. The third-order valence-corrected chi connectivity index (χ3v) is 5.65. The molecule has 1 aromatic carbocycles. The summed E-state index contributed by atoms with van der Waals surface area (Å²) in [5.41, 5.74) is 1.79. The quantitative estimate of drug-likeness (QED) is 0.241. The molecule has 2 aromatic rings. The molecule has 0 fully saturated rings. The molecule has 0 N–H and O–H groups in total. The first kappa shape index (κ1) is 25.2. The molecule has 2 rings (SSSR count). The van der Waals surface area contributed by atoms with Gasteiger partial charge in [0.1, 0.15) is 17.8 Å². The van der Waals surface area contributed by atoms with E-state index < -0.39 is 0 Å². The Labute approximate surface area is 189 Å². The highest BCUT2D eigenvalue weighted by Crippen LogP contribution is 2.34. The van der Waals surface area contributed by atoms with Gasteiger partial charge in [-0.25, -0.2) is 9.97 Å². The molecule has 4 heteroatoms. The number of para-hydroxylation sites is 1. The Bertz CT molecular complexity index is 720. The van der Waals surface area contributed by atoms with Crippen LogP contribution < -0.4 is 9.47 Å². The lowest BCUT2D eigenvalue weighted by molar-refractivity contribution is 0.248. The van der Waals surface area contributed by atoms with Crippen molar-refractivity contribution < 1.29 is 9.47 Å². The normalized spacial score (nSPS) is 12.0. The standard InChI is InChI=1S/C27H42N2O2/c1-4-6-8-10-11-15-19-30-25-18-14-13-17-24(25)27-26(20-28-22-29-27)31-21-23(3)16-12-9-7-5-2/h13-14,17-18,20,22-23H,4-12,15-16,19,21H2,1-3H3. The summed E-state index contributed by atoms with van der Waals surface area (Å²) in [5.74, 6) is 2.12. The number of ether oxygens (including phenoxy) is 2. The van der Waals surface area contributed by atoms with Crippen LogP contribution in [0.5, 0.6) is 11.5 Å². The number of hydrogen-bond acceptors (Lipinski definition) is 4. The molecule has 0 radical (unpaired) electrons. The van der Waals surface area contributed by atoms with Crippen LogP contribution in [-0.2, 0) is 0 Å². The molecule has 0 saturated carbocycles. The van der Waals surface area contributed by atoms with E-state index in [2.05, 4.69) is 36.8 Å². The molecule has 0 aliphatic rings. The fraction of sp³-hybridized carbons (Fsp3) is 0.630. The van der Waals surface area contributed by atoms with Crippen molar-refractivity contribution in [2.24, 2.45) is 5.92 Å². The summed E-state index contributed by atoms with van der Waals surface area (Å²) in [6.07, 6.45) is 17.3. The molecule has 1 atom stereocenters. The third-order valence-electron chi connectivity index (χ3n) is 5.65. The van der Waals surface area contributed by atoms with Crippen LogP contribution in [0, 0.1) is 5.92 Å². The Kier molecular flexibility index (Phi) is 12.7. The Morgan fingerprint density at radius 2 is 1.52 bits per heavy atom. The van der Waals surface area contributed by atoms with Gasteiger partial charge >= 0.3 is 0 Å². The van der Waals surface area contributed by atoms with Gasteiger partial charge < -0.3 is 9.47 Å². The highest BCUT2D eigenvalue weighted by molar-refractivity contribution is 5.71. The minimum absolute atomic E-state index is 0.518. The third kappa shape index (κ3) is 9.71.